The first-order valence-electron chi connectivity index (χ1n) is 10.5. The van der Waals surface area contributed by atoms with Gasteiger partial charge in [0, 0.05) is 18.2 Å². The average molecular weight is 401 g/mol. The molecule has 0 saturated heterocycles. The van der Waals surface area contributed by atoms with Gasteiger partial charge in [0.2, 0.25) is 5.91 Å². The van der Waals surface area contributed by atoms with Crippen LogP contribution in [0.25, 0.3) is 0 Å². The van der Waals surface area contributed by atoms with E-state index in [1.54, 1.807) is 14.2 Å². The second kappa shape index (κ2) is 9.33. The van der Waals surface area contributed by atoms with Crippen LogP contribution < -0.4 is 14.8 Å². The van der Waals surface area contributed by atoms with Gasteiger partial charge in [-0.2, -0.15) is 0 Å². The second-order valence-corrected chi connectivity index (χ2v) is 8.04. The van der Waals surface area contributed by atoms with Crippen molar-refractivity contribution in [3.05, 3.63) is 34.9 Å². The third-order valence-electron chi connectivity index (χ3n) is 5.87. The number of nitrogens with one attached hydrogen (secondary N) is 1. The van der Waals surface area contributed by atoms with E-state index in [1.165, 1.54) is 5.57 Å². The van der Waals surface area contributed by atoms with Gasteiger partial charge in [-0.05, 0) is 62.8 Å². The SMILES string of the molecule is COc1ccc(CCNC(=O)CC2=C3CCCCC3N(C(C)C)C2=O)cc1OC. The van der Waals surface area contributed by atoms with Crippen LogP contribution >= 0.6 is 0 Å². The Kier molecular flexibility index (Phi) is 6.83. The van der Waals surface area contributed by atoms with Gasteiger partial charge in [0.1, 0.15) is 0 Å². The third-order valence-corrected chi connectivity index (χ3v) is 5.87. The van der Waals surface area contributed by atoms with Crippen LogP contribution in [0.15, 0.2) is 29.3 Å². The number of hydrogen-bond donors (Lipinski definition) is 1. The molecular formula is C23H32N2O4. The number of benzene rings is 1. The average Bonchev–Trinajstić information content (AvgIpc) is 2.99. The van der Waals surface area contributed by atoms with Gasteiger partial charge in [0.15, 0.2) is 11.5 Å². The summed E-state index contributed by atoms with van der Waals surface area (Å²) >= 11 is 0. The van der Waals surface area contributed by atoms with E-state index in [-0.39, 0.29) is 30.3 Å². The van der Waals surface area contributed by atoms with Crippen LogP contribution in [0.3, 0.4) is 0 Å². The zero-order chi connectivity index (χ0) is 21.0. The molecule has 6 nitrogen and oxygen atoms in total. The second-order valence-electron chi connectivity index (χ2n) is 8.04. The first kappa shape index (κ1) is 21.2. The molecule has 3 rings (SSSR count). The number of rotatable bonds is 8. The first-order chi connectivity index (χ1) is 14.0. The summed E-state index contributed by atoms with van der Waals surface area (Å²) in [5.41, 5.74) is 2.98. The quantitative estimate of drug-likeness (QED) is 0.727. The van der Waals surface area contributed by atoms with Crippen molar-refractivity contribution in [3.63, 3.8) is 0 Å². The highest BCUT2D eigenvalue weighted by Gasteiger charge is 2.41. The lowest BCUT2D eigenvalue weighted by Crippen LogP contribution is -2.41. The molecular weight excluding hydrogens is 368 g/mol. The van der Waals surface area contributed by atoms with Crippen molar-refractivity contribution in [3.8, 4) is 11.5 Å². The molecule has 1 saturated carbocycles. The van der Waals surface area contributed by atoms with E-state index in [1.807, 2.05) is 23.1 Å². The van der Waals surface area contributed by atoms with Gasteiger partial charge in [0.05, 0.1) is 26.7 Å². The van der Waals surface area contributed by atoms with Crippen molar-refractivity contribution in [2.75, 3.05) is 20.8 Å². The summed E-state index contributed by atoms with van der Waals surface area (Å²) in [7, 11) is 3.21. The third kappa shape index (κ3) is 4.57. The van der Waals surface area contributed by atoms with E-state index < -0.39 is 0 Å². The lowest BCUT2D eigenvalue weighted by molar-refractivity contribution is -0.130. The number of ether oxygens (including phenoxy) is 2. The summed E-state index contributed by atoms with van der Waals surface area (Å²) < 4.78 is 10.6. The van der Waals surface area contributed by atoms with Crippen LogP contribution in [-0.4, -0.2) is 49.6 Å². The molecule has 1 N–H and O–H groups in total. The summed E-state index contributed by atoms with van der Waals surface area (Å²) in [5, 5.41) is 2.97. The maximum atomic E-state index is 12.9. The fourth-order valence-corrected chi connectivity index (χ4v) is 4.48. The number of carbonyl (C=O) groups is 2. The van der Waals surface area contributed by atoms with Gasteiger partial charge in [-0.3, -0.25) is 9.59 Å². The molecule has 0 bridgehead atoms. The van der Waals surface area contributed by atoms with Gasteiger partial charge in [-0.1, -0.05) is 12.5 Å². The topological polar surface area (TPSA) is 67.9 Å². The van der Waals surface area contributed by atoms with Crippen molar-refractivity contribution in [2.45, 2.75) is 64.5 Å². The highest BCUT2D eigenvalue weighted by Crippen LogP contribution is 2.38. The molecule has 1 fully saturated rings. The Bertz CT molecular complexity index is 800. The Hall–Kier alpha value is -2.50. The normalized spacial score (nSPS) is 18.9. The zero-order valence-electron chi connectivity index (χ0n) is 17.9. The number of fused-ring (bicyclic) bond motifs is 1. The van der Waals surface area contributed by atoms with E-state index >= 15 is 0 Å². The van der Waals surface area contributed by atoms with Crippen LogP contribution in [0.1, 0.15) is 51.5 Å². The largest absolute Gasteiger partial charge is 0.493 e. The van der Waals surface area contributed by atoms with E-state index in [2.05, 4.69) is 19.2 Å². The first-order valence-corrected chi connectivity index (χ1v) is 10.5. The van der Waals surface area contributed by atoms with Gasteiger partial charge in [0.25, 0.3) is 5.91 Å². The summed E-state index contributed by atoms with van der Waals surface area (Å²) in [6.07, 6.45) is 5.08. The van der Waals surface area contributed by atoms with Crippen LogP contribution in [0.4, 0.5) is 0 Å². The Labute approximate surface area is 173 Å². The van der Waals surface area contributed by atoms with E-state index in [0.29, 0.717) is 24.5 Å². The van der Waals surface area contributed by atoms with Crippen molar-refractivity contribution < 1.29 is 19.1 Å². The molecule has 29 heavy (non-hydrogen) atoms. The molecule has 1 aliphatic carbocycles. The lowest BCUT2D eigenvalue weighted by atomic mass is 9.88. The van der Waals surface area contributed by atoms with Gasteiger partial charge in [-0.25, -0.2) is 0 Å². The van der Waals surface area contributed by atoms with Crippen LogP contribution in [0.5, 0.6) is 11.5 Å². The standard InChI is InChI=1S/C23H32N2O4/c1-15(2)25-19-8-6-5-7-17(19)18(23(25)27)14-22(26)24-12-11-16-9-10-20(28-3)21(13-16)29-4/h9-10,13,15,19H,5-8,11-12,14H2,1-4H3,(H,24,26). The molecule has 1 atom stereocenters. The fourth-order valence-electron chi connectivity index (χ4n) is 4.48. The van der Waals surface area contributed by atoms with Gasteiger partial charge >= 0.3 is 0 Å². The van der Waals surface area contributed by atoms with Gasteiger partial charge < -0.3 is 19.7 Å². The van der Waals surface area contributed by atoms with Crippen molar-refractivity contribution in [1.29, 1.82) is 0 Å². The van der Waals surface area contributed by atoms with Crippen molar-refractivity contribution >= 4 is 11.8 Å². The van der Waals surface area contributed by atoms with E-state index in [9.17, 15) is 9.59 Å². The van der Waals surface area contributed by atoms with Gasteiger partial charge in [-0.15, -0.1) is 0 Å². The molecule has 2 aliphatic rings. The molecule has 1 aromatic carbocycles. The predicted molar refractivity (Wildman–Crippen MR) is 112 cm³/mol. The summed E-state index contributed by atoms with van der Waals surface area (Å²) in [6, 6.07) is 6.11. The number of amides is 2. The molecule has 158 valence electrons. The highest BCUT2D eigenvalue weighted by atomic mass is 16.5. The molecule has 0 spiro atoms. The number of methoxy groups -OCH3 is 2. The van der Waals surface area contributed by atoms with Crippen molar-refractivity contribution in [1.82, 2.24) is 10.2 Å². The summed E-state index contributed by atoms with van der Waals surface area (Å²) in [6.45, 7) is 4.62. The minimum atomic E-state index is -0.0868. The molecule has 1 aliphatic heterocycles. The van der Waals surface area contributed by atoms with Crippen molar-refractivity contribution in [2.24, 2.45) is 0 Å². The zero-order valence-corrected chi connectivity index (χ0v) is 17.9. The Morgan fingerprint density at radius 2 is 1.97 bits per heavy atom. The van der Waals surface area contributed by atoms with Crippen LogP contribution in [0, 0.1) is 0 Å². The maximum Gasteiger partial charge on any atom is 0.251 e. The minimum absolute atomic E-state index is 0.0527. The molecule has 1 aromatic rings. The van der Waals surface area contributed by atoms with E-state index in [0.717, 1.165) is 36.8 Å². The Morgan fingerprint density at radius 1 is 1.21 bits per heavy atom. The molecule has 2 amide bonds. The molecule has 6 heteroatoms. The molecule has 1 heterocycles. The molecule has 0 radical (unpaired) electrons. The molecule has 0 aromatic heterocycles. The fraction of sp³-hybridized carbons (Fsp3) is 0.565. The minimum Gasteiger partial charge on any atom is -0.493 e. The number of nitrogens with zero attached hydrogens (tertiary/aromatic N) is 1. The summed E-state index contributed by atoms with van der Waals surface area (Å²) in [4.78, 5) is 27.5. The predicted octanol–water partition coefficient (Wildman–Crippen LogP) is 3.24. The number of carbonyl (C=O) groups excluding carboxylic acids is 2. The Balaban J connectivity index is 1.58. The highest BCUT2D eigenvalue weighted by molar-refractivity contribution is 6.02. The molecule has 1 unspecified atom stereocenters. The Morgan fingerprint density at radius 3 is 2.66 bits per heavy atom. The summed E-state index contributed by atoms with van der Waals surface area (Å²) in [5.74, 6) is 1.33. The number of hydrogen-bond acceptors (Lipinski definition) is 4. The van der Waals surface area contributed by atoms with Crippen LogP contribution in [0.2, 0.25) is 0 Å². The lowest BCUT2D eigenvalue weighted by Gasteiger charge is -2.33. The van der Waals surface area contributed by atoms with Crippen LogP contribution in [-0.2, 0) is 16.0 Å². The monoisotopic (exact) mass is 400 g/mol. The smallest absolute Gasteiger partial charge is 0.251 e. The van der Waals surface area contributed by atoms with E-state index in [4.69, 9.17) is 9.47 Å². The maximum absolute atomic E-state index is 12.9.